The Hall–Kier alpha value is -1.35. The lowest BCUT2D eigenvalue weighted by molar-refractivity contribution is -0.125. The standard InChI is InChI=1S/C21H34N2O/c1-6-7-14-22-15-9-8-13-19(22)21(24)23(16(2)3)20-17(4)11-10-12-18(20)5/h10-12,16,19H,6-9,13-15H2,1-5H3. The van der Waals surface area contributed by atoms with Crippen LogP contribution in [0.15, 0.2) is 18.2 Å². The molecule has 0 spiro atoms. The molecule has 3 nitrogen and oxygen atoms in total. The number of anilines is 1. The number of rotatable bonds is 6. The van der Waals surface area contributed by atoms with Crippen LogP contribution in [0.4, 0.5) is 5.69 Å². The fourth-order valence-electron chi connectivity index (χ4n) is 3.87. The van der Waals surface area contributed by atoms with Gasteiger partial charge in [-0.05, 0) is 71.2 Å². The van der Waals surface area contributed by atoms with E-state index in [1.165, 1.54) is 30.4 Å². The summed E-state index contributed by atoms with van der Waals surface area (Å²) < 4.78 is 0. The second-order valence-corrected chi connectivity index (χ2v) is 7.44. The van der Waals surface area contributed by atoms with Gasteiger partial charge in [0.1, 0.15) is 0 Å². The van der Waals surface area contributed by atoms with Crippen LogP contribution in [0.3, 0.4) is 0 Å². The highest BCUT2D eigenvalue weighted by Gasteiger charge is 2.34. The summed E-state index contributed by atoms with van der Waals surface area (Å²) in [6.45, 7) is 12.8. The Kier molecular flexibility index (Phi) is 6.85. The minimum atomic E-state index is 0.0479. The minimum absolute atomic E-state index is 0.0479. The third-order valence-electron chi connectivity index (χ3n) is 5.13. The molecule has 0 aliphatic carbocycles. The number of piperidine rings is 1. The van der Waals surface area contributed by atoms with Gasteiger partial charge in [0.25, 0.3) is 0 Å². The first-order chi connectivity index (χ1) is 11.5. The van der Waals surface area contributed by atoms with E-state index in [9.17, 15) is 4.79 Å². The van der Waals surface area contributed by atoms with E-state index < -0.39 is 0 Å². The number of unbranched alkanes of at least 4 members (excludes halogenated alkanes) is 1. The molecule has 1 heterocycles. The summed E-state index contributed by atoms with van der Waals surface area (Å²) in [4.78, 5) is 18.0. The SMILES string of the molecule is CCCCN1CCCCC1C(=O)N(c1c(C)cccc1C)C(C)C. The average molecular weight is 331 g/mol. The highest BCUT2D eigenvalue weighted by Crippen LogP contribution is 2.29. The molecule has 1 fully saturated rings. The van der Waals surface area contributed by atoms with Gasteiger partial charge in [-0.25, -0.2) is 0 Å². The van der Waals surface area contributed by atoms with Crippen LogP contribution in [0, 0.1) is 13.8 Å². The van der Waals surface area contributed by atoms with Crippen molar-refractivity contribution < 1.29 is 4.79 Å². The topological polar surface area (TPSA) is 23.6 Å². The van der Waals surface area contributed by atoms with E-state index in [2.05, 4.69) is 62.6 Å². The van der Waals surface area contributed by atoms with Crippen molar-refractivity contribution in [2.45, 2.75) is 78.8 Å². The summed E-state index contributed by atoms with van der Waals surface area (Å²) in [5, 5.41) is 0. The Morgan fingerprint density at radius 1 is 1.25 bits per heavy atom. The zero-order chi connectivity index (χ0) is 17.7. The number of aryl methyl sites for hydroxylation is 2. The first-order valence-electron chi connectivity index (χ1n) is 9.60. The van der Waals surface area contributed by atoms with Gasteiger partial charge >= 0.3 is 0 Å². The van der Waals surface area contributed by atoms with Crippen molar-refractivity contribution >= 4 is 11.6 Å². The summed E-state index contributed by atoms with van der Waals surface area (Å²) in [5.41, 5.74) is 3.49. The van der Waals surface area contributed by atoms with E-state index >= 15 is 0 Å². The van der Waals surface area contributed by atoms with Crippen molar-refractivity contribution in [3.8, 4) is 0 Å². The van der Waals surface area contributed by atoms with E-state index in [4.69, 9.17) is 0 Å². The molecule has 24 heavy (non-hydrogen) atoms. The molecule has 0 radical (unpaired) electrons. The van der Waals surface area contributed by atoms with Crippen LogP contribution in [-0.2, 0) is 4.79 Å². The number of hydrogen-bond donors (Lipinski definition) is 0. The number of para-hydroxylation sites is 1. The van der Waals surface area contributed by atoms with Crippen LogP contribution in [-0.4, -0.2) is 36.0 Å². The number of nitrogens with zero attached hydrogens (tertiary/aromatic N) is 2. The molecule has 1 saturated heterocycles. The first-order valence-corrected chi connectivity index (χ1v) is 9.60. The zero-order valence-corrected chi connectivity index (χ0v) is 16.1. The lowest BCUT2D eigenvalue weighted by atomic mass is 9.98. The molecule has 1 amide bonds. The smallest absolute Gasteiger partial charge is 0.244 e. The molecule has 0 saturated carbocycles. The molecule has 0 N–H and O–H groups in total. The van der Waals surface area contributed by atoms with Gasteiger partial charge < -0.3 is 4.90 Å². The summed E-state index contributed by atoms with van der Waals surface area (Å²) in [5.74, 6) is 0.290. The molecule has 0 bridgehead atoms. The summed E-state index contributed by atoms with van der Waals surface area (Å²) >= 11 is 0. The number of carbonyl (C=O) groups excluding carboxylic acids is 1. The second-order valence-electron chi connectivity index (χ2n) is 7.44. The van der Waals surface area contributed by atoms with Crippen molar-refractivity contribution in [2.24, 2.45) is 0 Å². The van der Waals surface area contributed by atoms with Crippen molar-refractivity contribution in [3.05, 3.63) is 29.3 Å². The number of amides is 1. The predicted molar refractivity (Wildman–Crippen MR) is 103 cm³/mol. The predicted octanol–water partition coefficient (Wildman–Crippen LogP) is 4.70. The summed E-state index contributed by atoms with van der Waals surface area (Å²) in [6.07, 6.45) is 5.74. The third-order valence-corrected chi connectivity index (χ3v) is 5.13. The molecule has 1 aliphatic rings. The van der Waals surface area contributed by atoms with E-state index in [1.807, 2.05) is 0 Å². The molecular formula is C21H34N2O. The van der Waals surface area contributed by atoms with Crippen LogP contribution < -0.4 is 4.90 Å². The highest BCUT2D eigenvalue weighted by molar-refractivity contribution is 5.99. The van der Waals surface area contributed by atoms with E-state index in [0.29, 0.717) is 5.91 Å². The quantitative estimate of drug-likeness (QED) is 0.755. The molecule has 1 aliphatic heterocycles. The van der Waals surface area contributed by atoms with Gasteiger partial charge in [-0.3, -0.25) is 9.69 Å². The van der Waals surface area contributed by atoms with E-state index in [1.54, 1.807) is 0 Å². The highest BCUT2D eigenvalue weighted by atomic mass is 16.2. The largest absolute Gasteiger partial charge is 0.308 e. The molecule has 134 valence electrons. The van der Waals surface area contributed by atoms with E-state index in [-0.39, 0.29) is 12.1 Å². The molecule has 1 atom stereocenters. The Bertz CT molecular complexity index is 533. The number of benzene rings is 1. The Labute approximate surface area is 148 Å². The van der Waals surface area contributed by atoms with Crippen LogP contribution >= 0.6 is 0 Å². The molecule has 1 aromatic rings. The van der Waals surface area contributed by atoms with Gasteiger partial charge in [-0.1, -0.05) is 38.0 Å². The maximum atomic E-state index is 13.5. The first kappa shape index (κ1) is 19.0. The molecule has 2 rings (SSSR count). The normalized spacial score (nSPS) is 18.8. The van der Waals surface area contributed by atoms with Gasteiger partial charge in [0.05, 0.1) is 6.04 Å². The van der Waals surface area contributed by atoms with Gasteiger partial charge in [0.2, 0.25) is 5.91 Å². The zero-order valence-electron chi connectivity index (χ0n) is 16.1. The lowest BCUT2D eigenvalue weighted by Gasteiger charge is -2.40. The van der Waals surface area contributed by atoms with Crippen LogP contribution in [0.1, 0.15) is 64.0 Å². The van der Waals surface area contributed by atoms with Crippen molar-refractivity contribution in [1.29, 1.82) is 0 Å². The Balaban J connectivity index is 2.31. The Morgan fingerprint density at radius 2 is 1.92 bits per heavy atom. The number of likely N-dealkylation sites (tertiary alicyclic amines) is 1. The van der Waals surface area contributed by atoms with Gasteiger partial charge in [0, 0.05) is 11.7 Å². The lowest BCUT2D eigenvalue weighted by Crippen LogP contribution is -2.53. The molecule has 3 heteroatoms. The van der Waals surface area contributed by atoms with Gasteiger partial charge in [0.15, 0.2) is 0 Å². The monoisotopic (exact) mass is 330 g/mol. The van der Waals surface area contributed by atoms with Gasteiger partial charge in [-0.15, -0.1) is 0 Å². The van der Waals surface area contributed by atoms with Gasteiger partial charge in [-0.2, -0.15) is 0 Å². The maximum absolute atomic E-state index is 13.5. The van der Waals surface area contributed by atoms with E-state index in [0.717, 1.165) is 31.6 Å². The fraction of sp³-hybridized carbons (Fsp3) is 0.667. The molecule has 1 unspecified atom stereocenters. The van der Waals surface area contributed by atoms with Crippen molar-refractivity contribution in [1.82, 2.24) is 4.90 Å². The Morgan fingerprint density at radius 3 is 2.50 bits per heavy atom. The molecular weight excluding hydrogens is 296 g/mol. The van der Waals surface area contributed by atoms with Crippen LogP contribution in [0.5, 0.6) is 0 Å². The van der Waals surface area contributed by atoms with Crippen molar-refractivity contribution in [2.75, 3.05) is 18.0 Å². The number of carbonyl (C=O) groups is 1. The van der Waals surface area contributed by atoms with Crippen LogP contribution in [0.25, 0.3) is 0 Å². The molecule has 1 aromatic carbocycles. The maximum Gasteiger partial charge on any atom is 0.244 e. The fourth-order valence-corrected chi connectivity index (χ4v) is 3.87. The summed E-state index contributed by atoms with van der Waals surface area (Å²) in [7, 11) is 0. The minimum Gasteiger partial charge on any atom is -0.308 e. The van der Waals surface area contributed by atoms with Crippen LogP contribution in [0.2, 0.25) is 0 Å². The summed E-state index contributed by atoms with van der Waals surface area (Å²) in [6, 6.07) is 6.52. The number of hydrogen-bond acceptors (Lipinski definition) is 2. The second kappa shape index (κ2) is 8.66. The van der Waals surface area contributed by atoms with Crippen molar-refractivity contribution in [3.63, 3.8) is 0 Å². The average Bonchev–Trinajstić information content (AvgIpc) is 2.55. The third kappa shape index (κ3) is 4.18. The molecule has 0 aromatic heterocycles.